The van der Waals surface area contributed by atoms with E-state index >= 15 is 0 Å². The largest absolute Gasteiger partial charge is 0.382 e. The van der Waals surface area contributed by atoms with Gasteiger partial charge in [-0.2, -0.15) is 0 Å². The molecule has 1 N–H and O–H groups in total. The minimum atomic E-state index is -3.13. The average molecular weight is 281 g/mol. The first-order valence-electron chi connectivity index (χ1n) is 6.94. The quantitative estimate of drug-likeness (QED) is 0.924. The summed E-state index contributed by atoms with van der Waals surface area (Å²) in [6.07, 6.45) is 5.03. The van der Waals surface area contributed by atoms with Crippen molar-refractivity contribution in [3.63, 3.8) is 0 Å². The zero-order valence-electron chi connectivity index (χ0n) is 11.9. The average Bonchev–Trinajstić information content (AvgIpc) is 2.33. The molecule has 3 nitrogen and oxygen atoms in total. The Kier molecular flexibility index (Phi) is 4.19. The smallest absolute Gasteiger partial charge is 0.175 e. The van der Waals surface area contributed by atoms with Crippen LogP contribution in [0.3, 0.4) is 0 Å². The van der Waals surface area contributed by atoms with Crippen LogP contribution >= 0.6 is 0 Å². The van der Waals surface area contributed by atoms with Crippen molar-refractivity contribution >= 4 is 15.5 Å². The molecule has 1 aromatic rings. The Morgan fingerprint density at radius 3 is 2.37 bits per heavy atom. The maximum absolute atomic E-state index is 11.6. The van der Waals surface area contributed by atoms with E-state index in [0.717, 1.165) is 5.69 Å². The van der Waals surface area contributed by atoms with E-state index in [1.54, 1.807) is 18.2 Å². The maximum atomic E-state index is 11.6. The second-order valence-corrected chi connectivity index (χ2v) is 7.87. The first kappa shape index (κ1) is 14.4. The van der Waals surface area contributed by atoms with Gasteiger partial charge in [0.15, 0.2) is 9.84 Å². The number of benzene rings is 1. The number of anilines is 1. The van der Waals surface area contributed by atoms with E-state index < -0.39 is 9.84 Å². The summed E-state index contributed by atoms with van der Waals surface area (Å²) in [4.78, 5) is 0.383. The highest BCUT2D eigenvalue weighted by Crippen LogP contribution is 2.31. The molecule has 1 aliphatic rings. The molecule has 2 atom stereocenters. The van der Waals surface area contributed by atoms with Crippen LogP contribution < -0.4 is 5.32 Å². The van der Waals surface area contributed by atoms with Crippen LogP contribution in [0.25, 0.3) is 0 Å². The van der Waals surface area contributed by atoms with Crippen molar-refractivity contribution in [3.05, 3.63) is 24.3 Å². The van der Waals surface area contributed by atoms with Crippen molar-refractivity contribution in [2.75, 3.05) is 11.6 Å². The number of hydrogen-bond donors (Lipinski definition) is 1. The minimum absolute atomic E-state index is 0.383. The van der Waals surface area contributed by atoms with E-state index in [9.17, 15) is 8.42 Å². The van der Waals surface area contributed by atoms with E-state index in [1.165, 1.54) is 25.5 Å². The summed E-state index contributed by atoms with van der Waals surface area (Å²) in [5.74, 6) is 1.26. The number of rotatable bonds is 3. The third kappa shape index (κ3) is 3.50. The summed E-state index contributed by atoms with van der Waals surface area (Å²) in [7, 11) is -3.13. The van der Waals surface area contributed by atoms with Gasteiger partial charge in [-0.05, 0) is 42.9 Å². The second-order valence-electron chi connectivity index (χ2n) is 5.86. The molecule has 19 heavy (non-hydrogen) atoms. The van der Waals surface area contributed by atoms with Crippen molar-refractivity contribution in [1.29, 1.82) is 0 Å². The van der Waals surface area contributed by atoms with Gasteiger partial charge in [-0.15, -0.1) is 0 Å². The highest BCUT2D eigenvalue weighted by atomic mass is 32.2. The Labute approximate surface area is 116 Å². The molecule has 0 amide bonds. The third-order valence-electron chi connectivity index (χ3n) is 4.14. The molecule has 1 aromatic carbocycles. The fourth-order valence-electron chi connectivity index (χ4n) is 2.98. The van der Waals surface area contributed by atoms with E-state index in [2.05, 4.69) is 19.2 Å². The zero-order valence-corrected chi connectivity index (χ0v) is 12.7. The standard InChI is InChI=1S/C15H23NO2S/c1-11-6-4-7-12(2)15(11)16-13-8-5-9-14(10-13)19(3,17)18/h5,8-12,15-16H,4,6-7H2,1-3H3. The molecule has 0 radical (unpaired) electrons. The van der Waals surface area contributed by atoms with Gasteiger partial charge in [0.2, 0.25) is 0 Å². The lowest BCUT2D eigenvalue weighted by molar-refractivity contribution is 0.268. The van der Waals surface area contributed by atoms with Crippen LogP contribution in [0.4, 0.5) is 5.69 Å². The van der Waals surface area contributed by atoms with E-state index in [-0.39, 0.29) is 0 Å². The van der Waals surface area contributed by atoms with Crippen molar-refractivity contribution in [2.45, 2.75) is 44.0 Å². The first-order valence-corrected chi connectivity index (χ1v) is 8.84. The van der Waals surface area contributed by atoms with Crippen LogP contribution in [-0.2, 0) is 9.84 Å². The first-order chi connectivity index (χ1) is 8.88. The van der Waals surface area contributed by atoms with Crippen LogP contribution in [0.15, 0.2) is 29.2 Å². The van der Waals surface area contributed by atoms with Gasteiger partial charge in [0, 0.05) is 18.0 Å². The topological polar surface area (TPSA) is 46.2 Å². The summed E-state index contributed by atoms with van der Waals surface area (Å²) >= 11 is 0. The van der Waals surface area contributed by atoms with Crippen LogP contribution in [0.1, 0.15) is 33.1 Å². The van der Waals surface area contributed by atoms with Crippen LogP contribution in [0.2, 0.25) is 0 Å². The molecule has 0 aliphatic heterocycles. The van der Waals surface area contributed by atoms with Crippen LogP contribution in [0, 0.1) is 11.8 Å². The second kappa shape index (κ2) is 5.53. The molecule has 1 saturated carbocycles. The van der Waals surface area contributed by atoms with E-state index in [4.69, 9.17) is 0 Å². The fraction of sp³-hybridized carbons (Fsp3) is 0.600. The van der Waals surface area contributed by atoms with E-state index in [1.807, 2.05) is 6.07 Å². The summed E-state index contributed by atoms with van der Waals surface area (Å²) in [6.45, 7) is 4.54. The van der Waals surface area contributed by atoms with Crippen molar-refractivity contribution < 1.29 is 8.42 Å². The molecular formula is C15H23NO2S. The highest BCUT2D eigenvalue weighted by molar-refractivity contribution is 7.90. The Balaban J connectivity index is 2.19. The van der Waals surface area contributed by atoms with Gasteiger partial charge >= 0.3 is 0 Å². The molecule has 0 aromatic heterocycles. The summed E-state index contributed by atoms with van der Waals surface area (Å²) < 4.78 is 23.2. The molecule has 2 unspecified atom stereocenters. The van der Waals surface area contributed by atoms with Gasteiger partial charge in [-0.25, -0.2) is 8.42 Å². The van der Waals surface area contributed by atoms with Crippen molar-refractivity contribution in [2.24, 2.45) is 11.8 Å². The lowest BCUT2D eigenvalue weighted by Gasteiger charge is -2.36. The fourth-order valence-corrected chi connectivity index (χ4v) is 3.64. The summed E-state index contributed by atoms with van der Waals surface area (Å²) in [6, 6.07) is 7.57. The maximum Gasteiger partial charge on any atom is 0.175 e. The monoisotopic (exact) mass is 281 g/mol. The minimum Gasteiger partial charge on any atom is -0.382 e. The Morgan fingerprint density at radius 1 is 1.16 bits per heavy atom. The zero-order chi connectivity index (χ0) is 14.0. The van der Waals surface area contributed by atoms with Crippen molar-refractivity contribution in [1.82, 2.24) is 0 Å². The molecule has 106 valence electrons. The molecule has 0 spiro atoms. The van der Waals surface area contributed by atoms with Crippen LogP contribution in [-0.4, -0.2) is 20.7 Å². The summed E-state index contributed by atoms with van der Waals surface area (Å²) in [5.41, 5.74) is 0.911. The van der Waals surface area contributed by atoms with Gasteiger partial charge in [0.05, 0.1) is 4.90 Å². The normalized spacial score (nSPS) is 28.1. The Bertz CT molecular complexity index is 529. The molecule has 0 heterocycles. The lowest BCUT2D eigenvalue weighted by atomic mass is 9.78. The predicted octanol–water partition coefficient (Wildman–Crippen LogP) is 3.33. The molecule has 1 aliphatic carbocycles. The molecular weight excluding hydrogens is 258 g/mol. The Hall–Kier alpha value is -1.03. The summed E-state index contributed by atoms with van der Waals surface area (Å²) in [5, 5.41) is 3.53. The predicted molar refractivity (Wildman–Crippen MR) is 79.1 cm³/mol. The highest BCUT2D eigenvalue weighted by Gasteiger charge is 2.27. The number of nitrogens with one attached hydrogen (secondary N) is 1. The molecule has 0 saturated heterocycles. The van der Waals surface area contributed by atoms with Gasteiger partial charge < -0.3 is 5.32 Å². The van der Waals surface area contributed by atoms with Crippen LogP contribution in [0.5, 0.6) is 0 Å². The Morgan fingerprint density at radius 2 is 1.79 bits per heavy atom. The SMILES string of the molecule is CC1CCCC(C)C1Nc1cccc(S(C)(=O)=O)c1. The van der Waals surface area contributed by atoms with Gasteiger partial charge in [0.1, 0.15) is 0 Å². The van der Waals surface area contributed by atoms with Gasteiger partial charge in [0.25, 0.3) is 0 Å². The molecule has 0 bridgehead atoms. The molecule has 4 heteroatoms. The van der Waals surface area contributed by atoms with Gasteiger partial charge in [-0.1, -0.05) is 26.3 Å². The lowest BCUT2D eigenvalue weighted by Crippen LogP contribution is -2.37. The molecule has 1 fully saturated rings. The third-order valence-corrected chi connectivity index (χ3v) is 5.25. The number of sulfone groups is 1. The van der Waals surface area contributed by atoms with Crippen molar-refractivity contribution in [3.8, 4) is 0 Å². The number of hydrogen-bond acceptors (Lipinski definition) is 3. The van der Waals surface area contributed by atoms with E-state index in [0.29, 0.717) is 22.8 Å². The van der Waals surface area contributed by atoms with Gasteiger partial charge in [-0.3, -0.25) is 0 Å². The molecule has 2 rings (SSSR count).